The van der Waals surface area contributed by atoms with Gasteiger partial charge in [-0.05, 0) is 31.5 Å². The van der Waals surface area contributed by atoms with Gasteiger partial charge in [-0.1, -0.05) is 6.07 Å². The largest absolute Gasteiger partial charge is 0.397 e. The van der Waals surface area contributed by atoms with Crippen molar-refractivity contribution in [2.45, 2.75) is 13.8 Å². The lowest BCUT2D eigenvalue weighted by Crippen LogP contribution is -2.00. The molecular weight excluding hydrogens is 136 g/mol. The molecule has 0 aliphatic heterocycles. The van der Waals surface area contributed by atoms with Gasteiger partial charge < -0.3 is 11.1 Å². The average molecular weight is 150 g/mol. The lowest BCUT2D eigenvalue weighted by Gasteiger charge is -2.06. The van der Waals surface area contributed by atoms with Crippen molar-refractivity contribution in [2.75, 3.05) is 17.6 Å². The fourth-order valence-electron chi connectivity index (χ4n) is 1.01. The molecule has 0 saturated heterocycles. The van der Waals surface area contributed by atoms with Gasteiger partial charge in [0.1, 0.15) is 0 Å². The highest BCUT2D eigenvalue weighted by Crippen LogP contribution is 2.18. The van der Waals surface area contributed by atoms with Crippen molar-refractivity contribution in [3.8, 4) is 0 Å². The maximum absolute atomic E-state index is 5.71. The molecule has 0 saturated carbocycles. The number of hydrogen-bond donors (Lipinski definition) is 2. The Balaban J connectivity index is 2.93. The number of aryl methyl sites for hydroxylation is 1. The van der Waals surface area contributed by atoms with Crippen molar-refractivity contribution in [1.82, 2.24) is 0 Å². The molecule has 0 radical (unpaired) electrons. The highest BCUT2D eigenvalue weighted by Gasteiger charge is 1.95. The first kappa shape index (κ1) is 7.92. The molecule has 3 N–H and O–H groups in total. The zero-order valence-corrected chi connectivity index (χ0v) is 7.02. The van der Waals surface area contributed by atoms with Gasteiger partial charge in [-0.25, -0.2) is 0 Å². The summed E-state index contributed by atoms with van der Waals surface area (Å²) >= 11 is 0. The summed E-state index contributed by atoms with van der Waals surface area (Å²) in [5, 5.41) is 3.19. The van der Waals surface area contributed by atoms with Crippen LogP contribution in [0.25, 0.3) is 0 Å². The van der Waals surface area contributed by atoms with Crippen LogP contribution < -0.4 is 11.1 Å². The van der Waals surface area contributed by atoms with Crippen LogP contribution >= 0.6 is 0 Å². The van der Waals surface area contributed by atoms with Crippen molar-refractivity contribution < 1.29 is 0 Å². The monoisotopic (exact) mass is 150 g/mol. The second-order valence-electron chi connectivity index (χ2n) is 2.62. The molecule has 11 heavy (non-hydrogen) atoms. The smallest absolute Gasteiger partial charge is 0.0576 e. The van der Waals surface area contributed by atoms with Crippen LogP contribution in [0.4, 0.5) is 11.4 Å². The Hall–Kier alpha value is -1.18. The fourth-order valence-corrected chi connectivity index (χ4v) is 1.01. The van der Waals surface area contributed by atoms with Crippen molar-refractivity contribution in [3.05, 3.63) is 23.8 Å². The van der Waals surface area contributed by atoms with Gasteiger partial charge in [0.2, 0.25) is 0 Å². The van der Waals surface area contributed by atoms with Gasteiger partial charge in [0.05, 0.1) is 11.4 Å². The summed E-state index contributed by atoms with van der Waals surface area (Å²) < 4.78 is 0. The summed E-state index contributed by atoms with van der Waals surface area (Å²) in [6, 6.07) is 5.99. The third kappa shape index (κ3) is 1.87. The fraction of sp³-hybridized carbons (Fsp3) is 0.333. The highest BCUT2D eigenvalue weighted by molar-refractivity contribution is 5.66. The molecule has 0 spiro atoms. The van der Waals surface area contributed by atoms with Crippen LogP contribution in [-0.4, -0.2) is 6.54 Å². The summed E-state index contributed by atoms with van der Waals surface area (Å²) in [5.74, 6) is 0. The molecule has 0 aromatic heterocycles. The molecule has 0 bridgehead atoms. The van der Waals surface area contributed by atoms with Gasteiger partial charge in [0.25, 0.3) is 0 Å². The molecule has 1 rings (SSSR count). The Morgan fingerprint density at radius 1 is 1.45 bits per heavy atom. The number of nitrogens with two attached hydrogens (primary N) is 1. The van der Waals surface area contributed by atoms with E-state index in [4.69, 9.17) is 5.73 Å². The SMILES string of the molecule is CCNc1cc(C)ccc1N. The normalized spacial score (nSPS) is 9.64. The summed E-state index contributed by atoms with van der Waals surface area (Å²) in [6.07, 6.45) is 0. The van der Waals surface area contributed by atoms with Crippen LogP contribution in [0.5, 0.6) is 0 Å². The van der Waals surface area contributed by atoms with Gasteiger partial charge >= 0.3 is 0 Å². The van der Waals surface area contributed by atoms with E-state index in [-0.39, 0.29) is 0 Å². The molecule has 0 atom stereocenters. The number of hydrogen-bond acceptors (Lipinski definition) is 2. The van der Waals surface area contributed by atoms with E-state index in [0.717, 1.165) is 17.9 Å². The van der Waals surface area contributed by atoms with Crippen LogP contribution in [0, 0.1) is 6.92 Å². The minimum atomic E-state index is 0.817. The van der Waals surface area contributed by atoms with Crippen LogP contribution in [0.2, 0.25) is 0 Å². The molecule has 0 aliphatic carbocycles. The summed E-state index contributed by atoms with van der Waals surface area (Å²) in [7, 11) is 0. The molecular formula is C9H14N2. The average Bonchev–Trinajstić information content (AvgIpc) is 1.98. The Kier molecular flexibility index (Phi) is 2.36. The molecule has 0 heterocycles. The Labute approximate surface area is 67.4 Å². The number of nitrogens with one attached hydrogen (secondary N) is 1. The first-order chi connectivity index (χ1) is 5.24. The van der Waals surface area contributed by atoms with Gasteiger partial charge in [0.15, 0.2) is 0 Å². The molecule has 2 heteroatoms. The minimum Gasteiger partial charge on any atom is -0.397 e. The summed E-state index contributed by atoms with van der Waals surface area (Å²) in [5.41, 5.74) is 8.80. The molecule has 0 amide bonds. The second kappa shape index (κ2) is 3.28. The van der Waals surface area contributed by atoms with E-state index in [2.05, 4.69) is 25.2 Å². The molecule has 0 fully saturated rings. The lowest BCUT2D eigenvalue weighted by atomic mass is 10.2. The highest BCUT2D eigenvalue weighted by atomic mass is 14.9. The topological polar surface area (TPSA) is 38.0 Å². The van der Waals surface area contributed by atoms with E-state index in [1.54, 1.807) is 0 Å². The van der Waals surface area contributed by atoms with Crippen LogP contribution in [-0.2, 0) is 0 Å². The molecule has 1 aromatic carbocycles. The van der Waals surface area contributed by atoms with Crippen LogP contribution in [0.3, 0.4) is 0 Å². The Morgan fingerprint density at radius 3 is 2.82 bits per heavy atom. The molecule has 0 unspecified atom stereocenters. The predicted molar refractivity (Wildman–Crippen MR) is 49.8 cm³/mol. The maximum Gasteiger partial charge on any atom is 0.0576 e. The zero-order chi connectivity index (χ0) is 8.27. The van der Waals surface area contributed by atoms with E-state index >= 15 is 0 Å². The first-order valence-corrected chi connectivity index (χ1v) is 3.84. The van der Waals surface area contributed by atoms with E-state index in [0.29, 0.717) is 0 Å². The zero-order valence-electron chi connectivity index (χ0n) is 7.02. The van der Waals surface area contributed by atoms with Crippen molar-refractivity contribution in [3.63, 3.8) is 0 Å². The van der Waals surface area contributed by atoms with E-state index < -0.39 is 0 Å². The minimum absolute atomic E-state index is 0.817. The van der Waals surface area contributed by atoms with Crippen LogP contribution in [0.1, 0.15) is 12.5 Å². The second-order valence-corrected chi connectivity index (χ2v) is 2.62. The summed E-state index contributed by atoms with van der Waals surface area (Å²) in [4.78, 5) is 0. The van der Waals surface area contributed by atoms with Gasteiger partial charge in [-0.15, -0.1) is 0 Å². The van der Waals surface area contributed by atoms with Gasteiger partial charge in [-0.3, -0.25) is 0 Å². The third-order valence-electron chi connectivity index (χ3n) is 1.58. The van der Waals surface area contributed by atoms with Crippen molar-refractivity contribution in [2.24, 2.45) is 0 Å². The van der Waals surface area contributed by atoms with Crippen molar-refractivity contribution in [1.29, 1.82) is 0 Å². The number of nitrogen functional groups attached to an aromatic ring is 1. The van der Waals surface area contributed by atoms with E-state index in [1.807, 2.05) is 12.1 Å². The van der Waals surface area contributed by atoms with Crippen LogP contribution in [0.15, 0.2) is 18.2 Å². The molecule has 60 valence electrons. The van der Waals surface area contributed by atoms with Crippen molar-refractivity contribution >= 4 is 11.4 Å². The quantitative estimate of drug-likeness (QED) is 0.633. The Bertz CT molecular complexity index is 243. The molecule has 2 nitrogen and oxygen atoms in total. The first-order valence-electron chi connectivity index (χ1n) is 3.84. The molecule has 1 aromatic rings. The lowest BCUT2D eigenvalue weighted by molar-refractivity contribution is 1.21. The number of benzene rings is 1. The number of rotatable bonds is 2. The number of anilines is 2. The van der Waals surface area contributed by atoms with Gasteiger partial charge in [0, 0.05) is 6.54 Å². The van der Waals surface area contributed by atoms with E-state index in [1.165, 1.54) is 5.56 Å². The standard InChI is InChI=1S/C9H14N2/c1-3-11-9-6-7(2)4-5-8(9)10/h4-6,11H,3,10H2,1-2H3. The van der Waals surface area contributed by atoms with E-state index in [9.17, 15) is 0 Å². The molecule has 0 aliphatic rings. The third-order valence-corrected chi connectivity index (χ3v) is 1.58. The van der Waals surface area contributed by atoms with Gasteiger partial charge in [-0.2, -0.15) is 0 Å². The Morgan fingerprint density at radius 2 is 2.18 bits per heavy atom. The summed E-state index contributed by atoms with van der Waals surface area (Å²) in [6.45, 7) is 5.02. The maximum atomic E-state index is 5.71. The predicted octanol–water partition coefficient (Wildman–Crippen LogP) is 2.01.